The summed E-state index contributed by atoms with van der Waals surface area (Å²) in [4.78, 5) is 2.31. The molecule has 1 unspecified atom stereocenters. The zero-order valence-electron chi connectivity index (χ0n) is 10.3. The van der Waals surface area contributed by atoms with Gasteiger partial charge in [-0.1, -0.05) is 24.6 Å². The maximum atomic E-state index is 13.4. The summed E-state index contributed by atoms with van der Waals surface area (Å²) in [5.74, 6) is -0.371. The number of rotatable bonds is 4. The maximum absolute atomic E-state index is 13.4. The molecule has 18 heavy (non-hydrogen) atoms. The van der Waals surface area contributed by atoms with Crippen LogP contribution in [-0.4, -0.2) is 6.54 Å². The molecule has 0 saturated heterocycles. The van der Waals surface area contributed by atoms with Gasteiger partial charge in [-0.2, -0.15) is 0 Å². The third-order valence-electron chi connectivity index (χ3n) is 2.77. The van der Waals surface area contributed by atoms with Crippen LogP contribution in [-0.2, 0) is 0 Å². The van der Waals surface area contributed by atoms with Crippen LogP contribution in [0.1, 0.15) is 24.8 Å². The predicted molar refractivity (Wildman–Crippen MR) is 76.8 cm³/mol. The molecule has 1 heterocycles. The second kappa shape index (κ2) is 5.83. The molecule has 0 bridgehead atoms. The highest BCUT2D eigenvalue weighted by atomic mass is 35.5. The maximum Gasteiger partial charge on any atom is 0.142 e. The van der Waals surface area contributed by atoms with Crippen LogP contribution in [0.5, 0.6) is 0 Å². The molecule has 1 nitrogen and oxygen atoms in total. The summed E-state index contributed by atoms with van der Waals surface area (Å²) in [5, 5.41) is 3.53. The molecule has 0 saturated carbocycles. The van der Waals surface area contributed by atoms with Gasteiger partial charge in [-0.15, -0.1) is 11.3 Å². The fourth-order valence-corrected chi connectivity index (χ4v) is 2.95. The lowest BCUT2D eigenvalue weighted by Crippen LogP contribution is -2.16. The van der Waals surface area contributed by atoms with Gasteiger partial charge in [-0.05, 0) is 43.3 Å². The third-order valence-corrected chi connectivity index (χ3v) is 4.39. The van der Waals surface area contributed by atoms with E-state index < -0.39 is 0 Å². The Kier molecular flexibility index (Phi) is 4.38. The number of nitrogens with one attached hydrogen (secondary N) is 1. The highest BCUT2D eigenvalue weighted by molar-refractivity contribution is 7.15. The van der Waals surface area contributed by atoms with Crippen LogP contribution in [0.25, 0.3) is 10.4 Å². The molecule has 0 fully saturated rings. The fourth-order valence-electron chi connectivity index (χ4n) is 1.80. The van der Waals surface area contributed by atoms with Crippen molar-refractivity contribution in [2.24, 2.45) is 0 Å². The number of halogens is 2. The van der Waals surface area contributed by atoms with E-state index in [1.807, 2.05) is 12.1 Å². The smallest absolute Gasteiger partial charge is 0.142 e. The van der Waals surface area contributed by atoms with Gasteiger partial charge >= 0.3 is 0 Å². The van der Waals surface area contributed by atoms with Crippen LogP contribution in [0.4, 0.5) is 4.39 Å². The van der Waals surface area contributed by atoms with Crippen molar-refractivity contribution in [3.8, 4) is 10.4 Å². The number of hydrogen-bond donors (Lipinski definition) is 1. The van der Waals surface area contributed by atoms with Gasteiger partial charge in [-0.3, -0.25) is 0 Å². The zero-order valence-corrected chi connectivity index (χ0v) is 11.9. The van der Waals surface area contributed by atoms with Gasteiger partial charge in [-0.25, -0.2) is 4.39 Å². The van der Waals surface area contributed by atoms with E-state index in [0.29, 0.717) is 6.04 Å². The minimum Gasteiger partial charge on any atom is -0.310 e. The van der Waals surface area contributed by atoms with Crippen LogP contribution in [0.2, 0.25) is 5.02 Å². The van der Waals surface area contributed by atoms with Crippen molar-refractivity contribution in [3.05, 3.63) is 46.0 Å². The quantitative estimate of drug-likeness (QED) is 0.843. The number of hydrogen-bond acceptors (Lipinski definition) is 2. The van der Waals surface area contributed by atoms with Gasteiger partial charge in [0.15, 0.2) is 0 Å². The minimum atomic E-state index is -0.371. The summed E-state index contributed by atoms with van der Waals surface area (Å²) in [7, 11) is 0. The first-order valence-corrected chi connectivity index (χ1v) is 7.09. The van der Waals surface area contributed by atoms with Crippen LogP contribution < -0.4 is 5.32 Å². The van der Waals surface area contributed by atoms with Gasteiger partial charge < -0.3 is 5.32 Å². The van der Waals surface area contributed by atoms with E-state index in [1.165, 1.54) is 10.9 Å². The van der Waals surface area contributed by atoms with Gasteiger partial charge in [0.05, 0.1) is 5.02 Å². The monoisotopic (exact) mass is 283 g/mol. The Bertz CT molecular complexity index is 538. The molecule has 1 aromatic heterocycles. The lowest BCUT2D eigenvalue weighted by Gasteiger charge is -2.09. The zero-order chi connectivity index (χ0) is 13.1. The van der Waals surface area contributed by atoms with Crippen molar-refractivity contribution in [3.63, 3.8) is 0 Å². The molecule has 1 aromatic carbocycles. The van der Waals surface area contributed by atoms with Gasteiger partial charge in [0.2, 0.25) is 0 Å². The molecule has 4 heteroatoms. The molecule has 2 aromatic rings. The van der Waals surface area contributed by atoms with E-state index in [1.54, 1.807) is 17.4 Å². The minimum absolute atomic E-state index is 0.163. The second-order valence-corrected chi connectivity index (χ2v) is 5.63. The van der Waals surface area contributed by atoms with Crippen molar-refractivity contribution in [1.82, 2.24) is 5.32 Å². The van der Waals surface area contributed by atoms with Crippen LogP contribution in [0, 0.1) is 5.82 Å². The second-order valence-electron chi connectivity index (χ2n) is 4.11. The third kappa shape index (κ3) is 2.91. The standard InChI is InChI=1S/C14H15ClFNS/c1-3-17-9(2)13-6-7-14(18-13)10-4-5-11(15)12(16)8-10/h4-9,17H,3H2,1-2H3. The highest BCUT2D eigenvalue weighted by Gasteiger charge is 2.09. The molecule has 1 N–H and O–H groups in total. The summed E-state index contributed by atoms with van der Waals surface area (Å²) < 4.78 is 13.4. The summed E-state index contributed by atoms with van der Waals surface area (Å²) in [6.07, 6.45) is 0. The summed E-state index contributed by atoms with van der Waals surface area (Å²) >= 11 is 7.36. The molecule has 0 aliphatic carbocycles. The lowest BCUT2D eigenvalue weighted by molar-refractivity contribution is 0.607. The summed E-state index contributed by atoms with van der Waals surface area (Å²) in [6.45, 7) is 5.14. The van der Waals surface area contributed by atoms with E-state index in [2.05, 4.69) is 25.2 Å². The largest absolute Gasteiger partial charge is 0.310 e. The van der Waals surface area contributed by atoms with Crippen molar-refractivity contribution in [1.29, 1.82) is 0 Å². The summed E-state index contributed by atoms with van der Waals surface area (Å²) in [5.41, 5.74) is 0.872. The van der Waals surface area contributed by atoms with Crippen molar-refractivity contribution < 1.29 is 4.39 Å². The van der Waals surface area contributed by atoms with Crippen LogP contribution >= 0.6 is 22.9 Å². The van der Waals surface area contributed by atoms with E-state index >= 15 is 0 Å². The number of benzene rings is 1. The summed E-state index contributed by atoms with van der Waals surface area (Å²) in [6, 6.07) is 9.36. The Balaban J connectivity index is 2.26. The Morgan fingerprint density at radius 3 is 2.78 bits per heavy atom. The first kappa shape index (κ1) is 13.5. The van der Waals surface area contributed by atoms with Crippen LogP contribution in [0.3, 0.4) is 0 Å². The molecular formula is C14H15ClFNS. The van der Waals surface area contributed by atoms with Gasteiger partial charge in [0.25, 0.3) is 0 Å². The fraction of sp³-hybridized carbons (Fsp3) is 0.286. The van der Waals surface area contributed by atoms with E-state index in [-0.39, 0.29) is 10.8 Å². The molecule has 96 valence electrons. The molecule has 0 amide bonds. The Morgan fingerprint density at radius 2 is 2.11 bits per heavy atom. The van der Waals surface area contributed by atoms with Crippen molar-refractivity contribution >= 4 is 22.9 Å². The SMILES string of the molecule is CCNC(C)c1ccc(-c2ccc(Cl)c(F)c2)s1. The first-order chi connectivity index (χ1) is 8.61. The van der Waals surface area contributed by atoms with Gasteiger partial charge in [0.1, 0.15) is 5.82 Å². The first-order valence-electron chi connectivity index (χ1n) is 5.90. The van der Waals surface area contributed by atoms with Gasteiger partial charge in [0, 0.05) is 15.8 Å². The van der Waals surface area contributed by atoms with Crippen molar-refractivity contribution in [2.45, 2.75) is 19.9 Å². The Hall–Kier alpha value is -0.900. The van der Waals surface area contributed by atoms with E-state index in [9.17, 15) is 4.39 Å². The Morgan fingerprint density at radius 1 is 1.33 bits per heavy atom. The van der Waals surface area contributed by atoms with Crippen molar-refractivity contribution in [2.75, 3.05) is 6.54 Å². The average molecular weight is 284 g/mol. The molecule has 0 aliphatic heterocycles. The molecule has 0 radical (unpaired) electrons. The number of thiophene rings is 1. The van der Waals surface area contributed by atoms with E-state index in [4.69, 9.17) is 11.6 Å². The molecule has 0 aliphatic rings. The highest BCUT2D eigenvalue weighted by Crippen LogP contribution is 2.32. The molecule has 0 spiro atoms. The normalized spacial score (nSPS) is 12.7. The Labute approximate surface area is 116 Å². The van der Waals surface area contributed by atoms with Crippen LogP contribution in [0.15, 0.2) is 30.3 Å². The van der Waals surface area contributed by atoms with E-state index in [0.717, 1.165) is 17.0 Å². The average Bonchev–Trinajstić information content (AvgIpc) is 2.82. The molecular weight excluding hydrogens is 269 g/mol. The molecule has 1 atom stereocenters. The lowest BCUT2D eigenvalue weighted by atomic mass is 10.2. The predicted octanol–water partition coefficient (Wildman–Crippen LogP) is 4.88. The molecule has 2 rings (SSSR count). The topological polar surface area (TPSA) is 12.0 Å².